The first-order chi connectivity index (χ1) is 10.7. The summed E-state index contributed by atoms with van der Waals surface area (Å²) < 4.78 is 1.53. The van der Waals surface area contributed by atoms with Gasteiger partial charge in [-0.2, -0.15) is 4.98 Å². The van der Waals surface area contributed by atoms with Crippen molar-refractivity contribution in [2.24, 2.45) is 5.41 Å². The van der Waals surface area contributed by atoms with Crippen molar-refractivity contribution < 1.29 is 15.0 Å². The van der Waals surface area contributed by atoms with Gasteiger partial charge in [0, 0.05) is 12.7 Å². The third-order valence-electron chi connectivity index (χ3n) is 3.24. The molecule has 0 saturated heterocycles. The summed E-state index contributed by atoms with van der Waals surface area (Å²) in [5.74, 6) is -0.546. The lowest BCUT2D eigenvalue weighted by Crippen LogP contribution is -2.25. The number of halogens is 1. The molecule has 2 aromatic heterocycles. The molecule has 0 aliphatic rings. The molecule has 2 rings (SSSR count). The molecule has 0 fully saturated rings. The first-order valence-electron chi connectivity index (χ1n) is 7.32. The maximum absolute atomic E-state index is 11.0. The smallest absolute Gasteiger partial charge is 0.323 e. The van der Waals surface area contributed by atoms with Crippen LogP contribution in [0.3, 0.4) is 0 Å². The number of carbonyl (C=O) groups is 1. The molecule has 1 atom stereocenters. The maximum Gasteiger partial charge on any atom is 0.323 e. The minimum Gasteiger partial charge on any atom is -0.480 e. The second kappa shape index (κ2) is 6.72. The van der Waals surface area contributed by atoms with E-state index in [0.29, 0.717) is 23.3 Å². The maximum atomic E-state index is 11.0. The van der Waals surface area contributed by atoms with Gasteiger partial charge in [0.25, 0.3) is 0 Å². The van der Waals surface area contributed by atoms with E-state index >= 15 is 0 Å². The molecule has 2 aromatic rings. The zero-order valence-electron chi connectivity index (χ0n) is 13.4. The van der Waals surface area contributed by atoms with Crippen molar-refractivity contribution in [1.29, 1.82) is 0 Å². The lowest BCUT2D eigenvalue weighted by atomic mass is 9.89. The van der Waals surface area contributed by atoms with E-state index < -0.39 is 12.1 Å². The molecule has 2 heterocycles. The summed E-state index contributed by atoms with van der Waals surface area (Å²) in [6.45, 7) is 6.24. The van der Waals surface area contributed by atoms with Crippen LogP contribution in [0.2, 0.25) is 5.28 Å². The minimum absolute atomic E-state index is 0.00323. The molecule has 0 aromatic carbocycles. The molecule has 0 radical (unpaired) electrons. The standard InChI is InChI=1S/C15H21ClN4O3/c1-15(2,3)6-9(21)7-17-13-12-10(18-14(16)19-13)4-5-20(12)8-11(22)23/h4-5,9,21H,6-8H2,1-3H3,(H,22,23)(H,17,18,19). The first-order valence-corrected chi connectivity index (χ1v) is 7.69. The van der Waals surface area contributed by atoms with Gasteiger partial charge < -0.3 is 20.1 Å². The molecule has 0 spiro atoms. The van der Waals surface area contributed by atoms with Gasteiger partial charge in [0.05, 0.1) is 11.6 Å². The number of nitrogens with zero attached hydrogens (tertiary/aromatic N) is 3. The number of aliphatic carboxylic acids is 1. The van der Waals surface area contributed by atoms with Crippen molar-refractivity contribution in [3.8, 4) is 0 Å². The van der Waals surface area contributed by atoms with Crippen LogP contribution in [0.15, 0.2) is 12.3 Å². The highest BCUT2D eigenvalue weighted by molar-refractivity contribution is 6.28. The van der Waals surface area contributed by atoms with E-state index in [-0.39, 0.29) is 23.8 Å². The number of carboxylic acids is 1. The Morgan fingerprint density at radius 2 is 2.13 bits per heavy atom. The van der Waals surface area contributed by atoms with Crippen LogP contribution in [-0.4, -0.2) is 43.4 Å². The highest BCUT2D eigenvalue weighted by atomic mass is 35.5. The number of aliphatic hydroxyl groups excluding tert-OH is 1. The number of nitrogens with one attached hydrogen (secondary N) is 1. The Morgan fingerprint density at radius 3 is 2.74 bits per heavy atom. The van der Waals surface area contributed by atoms with E-state index in [9.17, 15) is 9.90 Å². The van der Waals surface area contributed by atoms with Gasteiger partial charge in [-0.05, 0) is 29.5 Å². The first kappa shape index (κ1) is 17.5. The zero-order valence-corrected chi connectivity index (χ0v) is 14.1. The Morgan fingerprint density at radius 1 is 1.43 bits per heavy atom. The topological polar surface area (TPSA) is 100 Å². The number of anilines is 1. The molecule has 0 bridgehead atoms. The van der Waals surface area contributed by atoms with E-state index in [4.69, 9.17) is 16.7 Å². The summed E-state index contributed by atoms with van der Waals surface area (Å²) in [6, 6.07) is 1.68. The molecule has 0 saturated carbocycles. The third-order valence-corrected chi connectivity index (χ3v) is 3.41. The quantitative estimate of drug-likeness (QED) is 0.698. The number of aliphatic hydroxyl groups is 1. The second-order valence-electron chi connectivity index (χ2n) is 6.71. The molecule has 0 amide bonds. The van der Waals surface area contributed by atoms with E-state index in [2.05, 4.69) is 15.3 Å². The summed E-state index contributed by atoms with van der Waals surface area (Å²) in [6.07, 6.45) is 1.69. The van der Waals surface area contributed by atoms with E-state index in [0.717, 1.165) is 0 Å². The molecule has 1 unspecified atom stereocenters. The molecular formula is C15H21ClN4O3. The van der Waals surface area contributed by atoms with Crippen molar-refractivity contribution in [3.63, 3.8) is 0 Å². The van der Waals surface area contributed by atoms with Gasteiger partial charge in [0.15, 0.2) is 5.82 Å². The number of hydrogen-bond acceptors (Lipinski definition) is 5. The predicted molar refractivity (Wildman–Crippen MR) is 88.7 cm³/mol. The Kier molecular flexibility index (Phi) is 5.11. The van der Waals surface area contributed by atoms with Crippen LogP contribution in [0.1, 0.15) is 27.2 Å². The van der Waals surface area contributed by atoms with Crippen LogP contribution in [0.4, 0.5) is 5.82 Å². The van der Waals surface area contributed by atoms with Crippen molar-refractivity contribution >= 4 is 34.4 Å². The average molecular weight is 341 g/mol. The van der Waals surface area contributed by atoms with E-state index in [1.54, 1.807) is 12.3 Å². The van der Waals surface area contributed by atoms with Gasteiger partial charge in [0.1, 0.15) is 12.1 Å². The fraction of sp³-hybridized carbons (Fsp3) is 0.533. The van der Waals surface area contributed by atoms with Crippen molar-refractivity contribution in [2.45, 2.75) is 39.8 Å². The highest BCUT2D eigenvalue weighted by Gasteiger charge is 2.18. The summed E-state index contributed by atoms with van der Waals surface area (Å²) >= 11 is 5.91. The third kappa shape index (κ3) is 4.80. The largest absolute Gasteiger partial charge is 0.480 e. The van der Waals surface area contributed by atoms with Gasteiger partial charge >= 0.3 is 5.97 Å². The Labute approximate surface area is 139 Å². The monoisotopic (exact) mass is 340 g/mol. The number of carboxylic acid groups (broad SMARTS) is 1. The van der Waals surface area contributed by atoms with Crippen LogP contribution in [-0.2, 0) is 11.3 Å². The Bertz CT molecular complexity index is 709. The van der Waals surface area contributed by atoms with Gasteiger partial charge in [-0.1, -0.05) is 20.8 Å². The van der Waals surface area contributed by atoms with Crippen molar-refractivity contribution in [1.82, 2.24) is 14.5 Å². The van der Waals surface area contributed by atoms with Crippen LogP contribution in [0, 0.1) is 5.41 Å². The Hall–Kier alpha value is -1.86. The van der Waals surface area contributed by atoms with Crippen molar-refractivity contribution in [2.75, 3.05) is 11.9 Å². The molecule has 3 N–H and O–H groups in total. The summed E-state index contributed by atoms with van der Waals surface area (Å²) in [7, 11) is 0. The van der Waals surface area contributed by atoms with Crippen LogP contribution in [0.25, 0.3) is 11.0 Å². The predicted octanol–water partition coefficient (Wildman–Crippen LogP) is 2.38. The molecule has 0 aliphatic carbocycles. The SMILES string of the molecule is CC(C)(C)CC(O)CNc1nc(Cl)nc2ccn(CC(=O)O)c12. The normalized spacial score (nSPS) is 13.3. The molecule has 23 heavy (non-hydrogen) atoms. The molecule has 126 valence electrons. The highest BCUT2D eigenvalue weighted by Crippen LogP contribution is 2.25. The van der Waals surface area contributed by atoms with Gasteiger partial charge in [-0.15, -0.1) is 0 Å². The van der Waals surface area contributed by atoms with Crippen molar-refractivity contribution in [3.05, 3.63) is 17.5 Å². The van der Waals surface area contributed by atoms with Crippen LogP contribution < -0.4 is 5.32 Å². The lowest BCUT2D eigenvalue weighted by molar-refractivity contribution is -0.137. The van der Waals surface area contributed by atoms with Gasteiger partial charge in [-0.25, -0.2) is 4.98 Å². The lowest BCUT2D eigenvalue weighted by Gasteiger charge is -2.22. The van der Waals surface area contributed by atoms with E-state index in [1.807, 2.05) is 20.8 Å². The van der Waals surface area contributed by atoms with Crippen LogP contribution >= 0.6 is 11.6 Å². The molecular weight excluding hydrogens is 320 g/mol. The fourth-order valence-corrected chi connectivity index (χ4v) is 2.65. The molecule has 0 aliphatic heterocycles. The van der Waals surface area contributed by atoms with Gasteiger partial charge in [-0.3, -0.25) is 4.79 Å². The summed E-state index contributed by atoms with van der Waals surface area (Å²) in [5.41, 5.74) is 1.11. The molecule has 7 nitrogen and oxygen atoms in total. The van der Waals surface area contributed by atoms with Crippen LogP contribution in [0.5, 0.6) is 0 Å². The van der Waals surface area contributed by atoms with E-state index in [1.165, 1.54) is 4.57 Å². The fourth-order valence-electron chi connectivity index (χ4n) is 2.47. The number of rotatable bonds is 6. The number of aromatic nitrogens is 3. The Balaban J connectivity index is 2.24. The average Bonchev–Trinajstić information content (AvgIpc) is 2.76. The van der Waals surface area contributed by atoms with Gasteiger partial charge in [0.2, 0.25) is 5.28 Å². The molecule has 8 heteroatoms. The number of fused-ring (bicyclic) bond motifs is 1. The second-order valence-corrected chi connectivity index (χ2v) is 7.05. The number of hydrogen-bond donors (Lipinski definition) is 3. The summed E-state index contributed by atoms with van der Waals surface area (Å²) in [4.78, 5) is 19.2. The minimum atomic E-state index is -0.962. The summed E-state index contributed by atoms with van der Waals surface area (Å²) in [5, 5.41) is 22.2. The zero-order chi connectivity index (χ0) is 17.2.